The normalized spacial score (nSPS) is 12.2. The van der Waals surface area contributed by atoms with E-state index >= 15 is 0 Å². The molecule has 0 amide bonds. The molecule has 124 valence electrons. The molecule has 0 atom stereocenters. The number of ether oxygens (including phenoxy) is 1. The maximum Gasteiger partial charge on any atom is 0.511 e. The molecule has 0 saturated carbocycles. The maximum atomic E-state index is 12.1. The number of aromatic hydroxyl groups is 1. The van der Waals surface area contributed by atoms with Gasteiger partial charge in [0, 0.05) is 12.1 Å². The average Bonchev–Trinajstić information content (AvgIpc) is 2.37. The van der Waals surface area contributed by atoms with E-state index in [2.05, 4.69) is 0 Å². The number of hydrogen-bond acceptors (Lipinski definition) is 5. The second-order valence-electron chi connectivity index (χ2n) is 4.17. The number of rotatable bonds is 6. The number of esters is 1. The number of carbonyl (C=O) groups is 1. The van der Waals surface area contributed by atoms with Crippen molar-refractivity contribution in [3.8, 4) is 11.5 Å². The lowest BCUT2D eigenvalue weighted by Gasteiger charge is -2.11. The fourth-order valence-electron chi connectivity index (χ4n) is 1.55. The Morgan fingerprint density at radius 1 is 1.36 bits per heavy atom. The first kappa shape index (κ1) is 18.2. The topological polar surface area (TPSA) is 92.7 Å². The first-order valence-corrected chi connectivity index (χ1v) is 7.64. The molecule has 0 heterocycles. The third-order valence-corrected chi connectivity index (χ3v) is 3.81. The molecule has 0 unspecified atom stereocenters. The van der Waals surface area contributed by atoms with Crippen molar-refractivity contribution in [2.24, 2.45) is 0 Å². The molecular weight excluding hydrogens is 327 g/mol. The third-order valence-electron chi connectivity index (χ3n) is 2.61. The van der Waals surface area contributed by atoms with Crippen LogP contribution in [0.15, 0.2) is 18.2 Å². The molecule has 0 radical (unpaired) electrons. The summed E-state index contributed by atoms with van der Waals surface area (Å²) in [7, 11) is -5.48. The fourth-order valence-corrected chi connectivity index (χ4v) is 2.08. The molecule has 0 saturated heterocycles. The molecule has 0 aromatic heterocycles. The lowest BCUT2D eigenvalue weighted by molar-refractivity contribution is -0.134. The van der Waals surface area contributed by atoms with E-state index in [-0.39, 0.29) is 11.5 Å². The Morgan fingerprint density at radius 2 is 2.00 bits per heavy atom. The second kappa shape index (κ2) is 6.97. The van der Waals surface area contributed by atoms with E-state index in [1.807, 2.05) is 0 Å². The number of phenols is 1. The summed E-state index contributed by atoms with van der Waals surface area (Å²) in [4.78, 5) is 11.5. The highest BCUT2D eigenvalue weighted by Crippen LogP contribution is 2.28. The van der Waals surface area contributed by atoms with Crippen LogP contribution in [0.5, 0.6) is 11.5 Å². The van der Waals surface area contributed by atoms with Crippen molar-refractivity contribution in [2.45, 2.75) is 25.3 Å². The Labute approximate surface area is 124 Å². The van der Waals surface area contributed by atoms with Crippen LogP contribution in [-0.2, 0) is 21.2 Å². The van der Waals surface area contributed by atoms with E-state index in [1.165, 1.54) is 22.9 Å². The number of benzene rings is 1. The Bertz CT molecular complexity index is 643. The summed E-state index contributed by atoms with van der Waals surface area (Å²) in [5.74, 6) is -0.929. The number of halogens is 3. The van der Waals surface area contributed by atoms with E-state index in [1.54, 1.807) is 6.92 Å². The van der Waals surface area contributed by atoms with Crippen LogP contribution in [0.2, 0.25) is 0 Å². The second-order valence-corrected chi connectivity index (χ2v) is 5.93. The molecule has 22 heavy (non-hydrogen) atoms. The molecule has 1 aromatic rings. The van der Waals surface area contributed by atoms with Crippen molar-refractivity contribution in [1.82, 2.24) is 4.72 Å². The quantitative estimate of drug-likeness (QED) is 0.607. The van der Waals surface area contributed by atoms with Gasteiger partial charge in [-0.05, 0) is 18.6 Å². The van der Waals surface area contributed by atoms with Crippen LogP contribution in [-0.4, -0.2) is 31.5 Å². The van der Waals surface area contributed by atoms with Crippen LogP contribution < -0.4 is 9.46 Å². The van der Waals surface area contributed by atoms with Crippen molar-refractivity contribution >= 4 is 16.0 Å². The molecule has 0 bridgehead atoms. The van der Waals surface area contributed by atoms with Gasteiger partial charge in [0.15, 0.2) is 0 Å². The third kappa shape index (κ3) is 4.60. The van der Waals surface area contributed by atoms with Gasteiger partial charge in [0.1, 0.15) is 11.5 Å². The molecule has 2 N–H and O–H groups in total. The van der Waals surface area contributed by atoms with Gasteiger partial charge in [0.05, 0.1) is 6.42 Å². The van der Waals surface area contributed by atoms with Crippen LogP contribution in [0.25, 0.3) is 0 Å². The van der Waals surface area contributed by atoms with Crippen LogP contribution >= 0.6 is 0 Å². The molecule has 1 rings (SSSR count). The van der Waals surface area contributed by atoms with Gasteiger partial charge in [0.2, 0.25) is 0 Å². The zero-order chi connectivity index (χ0) is 17.0. The van der Waals surface area contributed by atoms with Crippen LogP contribution in [0.4, 0.5) is 13.2 Å². The van der Waals surface area contributed by atoms with Gasteiger partial charge in [-0.2, -0.15) is 13.2 Å². The summed E-state index contributed by atoms with van der Waals surface area (Å²) < 4.78 is 63.7. The highest BCUT2D eigenvalue weighted by molar-refractivity contribution is 7.90. The summed E-state index contributed by atoms with van der Waals surface area (Å²) in [6.07, 6.45) is -0.218. The first-order valence-electron chi connectivity index (χ1n) is 6.16. The van der Waals surface area contributed by atoms with E-state index in [4.69, 9.17) is 4.74 Å². The number of hydrogen-bond donors (Lipinski definition) is 2. The minimum absolute atomic E-state index is 0.0752. The van der Waals surface area contributed by atoms with Gasteiger partial charge >= 0.3 is 21.5 Å². The number of sulfonamides is 1. The first-order chi connectivity index (χ1) is 10.1. The zero-order valence-corrected chi connectivity index (χ0v) is 12.3. The van der Waals surface area contributed by atoms with Crippen molar-refractivity contribution in [3.05, 3.63) is 23.8 Å². The van der Waals surface area contributed by atoms with Gasteiger partial charge in [-0.25, -0.2) is 13.1 Å². The van der Waals surface area contributed by atoms with Gasteiger partial charge in [-0.1, -0.05) is 13.0 Å². The van der Waals surface area contributed by atoms with Crippen molar-refractivity contribution < 1.29 is 36.2 Å². The summed E-state index contributed by atoms with van der Waals surface area (Å²) >= 11 is 0. The fraction of sp³-hybridized carbons (Fsp3) is 0.417. The van der Waals surface area contributed by atoms with Crippen LogP contribution in [0.1, 0.15) is 18.9 Å². The predicted octanol–water partition coefficient (Wildman–Crippen LogP) is 1.69. The Balaban J connectivity index is 2.61. The molecule has 10 heteroatoms. The average molecular weight is 341 g/mol. The lowest BCUT2D eigenvalue weighted by Crippen LogP contribution is -2.37. The standard InChI is InChI=1S/C12H14F3NO5S/c1-2-8-9(17)4-3-5-10(8)21-11(18)6-7-16-22(19,20)12(13,14)15/h3-5,16-17H,2,6-7H2,1H3. The molecule has 0 aliphatic rings. The Kier molecular flexibility index (Phi) is 5.78. The number of phenolic OH excluding ortho intramolecular Hbond substituents is 1. The van der Waals surface area contributed by atoms with Gasteiger partial charge < -0.3 is 9.84 Å². The number of alkyl halides is 3. The lowest BCUT2D eigenvalue weighted by atomic mass is 10.1. The summed E-state index contributed by atoms with van der Waals surface area (Å²) in [5.41, 5.74) is -5.07. The monoisotopic (exact) mass is 341 g/mol. The molecule has 6 nitrogen and oxygen atoms in total. The van der Waals surface area contributed by atoms with E-state index in [0.29, 0.717) is 12.0 Å². The maximum absolute atomic E-state index is 12.1. The van der Waals surface area contributed by atoms with Crippen LogP contribution in [0, 0.1) is 0 Å². The van der Waals surface area contributed by atoms with Crippen LogP contribution in [0.3, 0.4) is 0 Å². The smallest absolute Gasteiger partial charge is 0.508 e. The largest absolute Gasteiger partial charge is 0.511 e. The van der Waals surface area contributed by atoms with Gasteiger partial charge in [-0.3, -0.25) is 4.79 Å². The Morgan fingerprint density at radius 3 is 2.55 bits per heavy atom. The summed E-state index contributed by atoms with van der Waals surface area (Å²) in [6, 6.07) is 4.24. The van der Waals surface area contributed by atoms with Gasteiger partial charge in [-0.15, -0.1) is 0 Å². The summed E-state index contributed by atoms with van der Waals surface area (Å²) in [5, 5.41) is 9.57. The van der Waals surface area contributed by atoms with E-state index in [9.17, 15) is 31.5 Å². The molecule has 1 aromatic carbocycles. The molecule has 0 aliphatic heterocycles. The number of nitrogens with one attached hydrogen (secondary N) is 1. The van der Waals surface area contributed by atoms with Crippen molar-refractivity contribution in [2.75, 3.05) is 6.54 Å². The molecule has 0 fully saturated rings. The molecular formula is C12H14F3NO5S. The predicted molar refractivity (Wildman–Crippen MR) is 70.7 cm³/mol. The van der Waals surface area contributed by atoms with E-state index in [0.717, 1.165) is 0 Å². The number of carbonyl (C=O) groups excluding carboxylic acids is 1. The van der Waals surface area contributed by atoms with Gasteiger partial charge in [0.25, 0.3) is 0 Å². The zero-order valence-electron chi connectivity index (χ0n) is 11.5. The minimum Gasteiger partial charge on any atom is -0.508 e. The van der Waals surface area contributed by atoms with Crippen molar-refractivity contribution in [3.63, 3.8) is 0 Å². The minimum atomic E-state index is -5.48. The van der Waals surface area contributed by atoms with Crippen molar-refractivity contribution in [1.29, 1.82) is 0 Å². The summed E-state index contributed by atoms with van der Waals surface area (Å²) in [6.45, 7) is 0.963. The SMILES string of the molecule is CCc1c(O)cccc1OC(=O)CCNS(=O)(=O)C(F)(F)F. The highest BCUT2D eigenvalue weighted by Gasteiger charge is 2.45. The Hall–Kier alpha value is -1.81. The highest BCUT2D eigenvalue weighted by atomic mass is 32.2. The van der Waals surface area contributed by atoms with E-state index < -0.39 is 34.5 Å². The molecule has 0 spiro atoms. The molecule has 0 aliphatic carbocycles.